The van der Waals surface area contributed by atoms with Crippen LogP contribution in [0.2, 0.25) is 0 Å². The number of imidazole rings is 1. The topological polar surface area (TPSA) is 78.8 Å². The smallest absolute Gasteiger partial charge is 0.233 e. The second kappa shape index (κ2) is 11.2. The fourth-order valence-electron chi connectivity index (χ4n) is 7.83. The zero-order chi connectivity index (χ0) is 30.6. The molecule has 0 radical (unpaired) electrons. The van der Waals surface area contributed by atoms with Gasteiger partial charge in [-0.05, 0) is 112 Å². The average molecular weight is 589 g/mol. The largest absolute Gasteiger partial charge is 0.354 e. The van der Waals surface area contributed by atoms with E-state index in [0.29, 0.717) is 12.1 Å². The molecule has 7 nitrogen and oxygen atoms in total. The van der Waals surface area contributed by atoms with Crippen LogP contribution in [0, 0.1) is 13.8 Å². The van der Waals surface area contributed by atoms with Gasteiger partial charge in [0.15, 0.2) is 5.65 Å². The summed E-state index contributed by atoms with van der Waals surface area (Å²) in [4.78, 5) is 29.1. The van der Waals surface area contributed by atoms with Crippen LogP contribution in [0.15, 0.2) is 61.1 Å². The van der Waals surface area contributed by atoms with Gasteiger partial charge in [0.25, 0.3) is 0 Å². The third-order valence-electron chi connectivity index (χ3n) is 10.1. The SMILES string of the molecule is Cc1cc(C)cc(-c2[nH]c3ccc(C(C)(C)C(=O)N4C5CCC4CC5)cc3c2C(C)CNCCn2cnc3cccnc32)c1. The van der Waals surface area contributed by atoms with E-state index in [1.807, 2.05) is 24.7 Å². The average Bonchev–Trinajstić information content (AvgIpc) is 3.80. The molecule has 7 rings (SSSR count). The maximum Gasteiger partial charge on any atom is 0.233 e. The molecule has 5 heterocycles. The van der Waals surface area contributed by atoms with Gasteiger partial charge in [0.05, 0.1) is 17.4 Å². The van der Waals surface area contributed by atoms with E-state index >= 15 is 0 Å². The maximum atomic E-state index is 14.0. The van der Waals surface area contributed by atoms with Gasteiger partial charge in [-0.25, -0.2) is 9.97 Å². The Morgan fingerprint density at radius 1 is 1.02 bits per heavy atom. The van der Waals surface area contributed by atoms with E-state index in [1.165, 1.54) is 33.3 Å². The summed E-state index contributed by atoms with van der Waals surface area (Å²) in [5.74, 6) is 0.519. The molecular weight excluding hydrogens is 544 g/mol. The Hall–Kier alpha value is -3.97. The minimum Gasteiger partial charge on any atom is -0.354 e. The fourth-order valence-corrected chi connectivity index (χ4v) is 7.83. The van der Waals surface area contributed by atoms with Crippen molar-refractivity contribution >= 4 is 28.0 Å². The van der Waals surface area contributed by atoms with Crippen molar-refractivity contribution in [3.63, 3.8) is 0 Å². The number of hydrogen-bond donors (Lipinski definition) is 2. The molecule has 2 bridgehead atoms. The number of hydrogen-bond acceptors (Lipinski definition) is 4. The molecule has 3 aromatic heterocycles. The van der Waals surface area contributed by atoms with Crippen molar-refractivity contribution < 1.29 is 4.79 Å². The molecule has 0 spiro atoms. The monoisotopic (exact) mass is 588 g/mol. The standard InChI is InChI=1S/C37H44N6O/c1-23-17-24(2)19-26(18-23)34-33(25(3)21-38-15-16-42-22-40-32-7-6-14-39-35(32)42)30-20-27(8-13-31(30)41-34)37(4,5)36(44)43-28-9-10-29(43)12-11-28/h6-8,13-14,17-20,22,25,28-29,38,41H,9-12,15-16,21H2,1-5H3. The number of rotatable bonds is 9. The first-order valence-electron chi connectivity index (χ1n) is 16.2. The van der Waals surface area contributed by atoms with Crippen molar-refractivity contribution in [3.05, 3.63) is 83.3 Å². The van der Waals surface area contributed by atoms with Crippen LogP contribution in [0.1, 0.15) is 74.6 Å². The van der Waals surface area contributed by atoms with Crippen LogP contribution >= 0.6 is 0 Å². The highest BCUT2D eigenvalue weighted by Crippen LogP contribution is 2.42. The van der Waals surface area contributed by atoms with Gasteiger partial charge in [-0.3, -0.25) is 4.79 Å². The van der Waals surface area contributed by atoms with Crippen molar-refractivity contribution in [1.29, 1.82) is 0 Å². The van der Waals surface area contributed by atoms with Gasteiger partial charge in [-0.2, -0.15) is 0 Å². The van der Waals surface area contributed by atoms with Gasteiger partial charge in [-0.1, -0.05) is 30.2 Å². The Balaban J connectivity index is 1.20. The molecule has 2 saturated heterocycles. The quantitative estimate of drug-likeness (QED) is 0.181. The van der Waals surface area contributed by atoms with Crippen LogP contribution in [-0.4, -0.2) is 55.5 Å². The summed E-state index contributed by atoms with van der Waals surface area (Å²) in [7, 11) is 0. The number of nitrogens with one attached hydrogen (secondary N) is 2. The lowest BCUT2D eigenvalue weighted by atomic mass is 9.81. The lowest BCUT2D eigenvalue weighted by Crippen LogP contribution is -2.45. The first-order valence-corrected chi connectivity index (χ1v) is 16.2. The molecule has 0 saturated carbocycles. The van der Waals surface area contributed by atoms with Crippen LogP contribution in [0.4, 0.5) is 0 Å². The van der Waals surface area contributed by atoms with Crippen molar-refractivity contribution in [3.8, 4) is 11.3 Å². The number of carbonyl (C=O) groups is 1. The summed E-state index contributed by atoms with van der Waals surface area (Å²) in [5, 5.41) is 4.92. The van der Waals surface area contributed by atoms with E-state index in [-0.39, 0.29) is 11.8 Å². The van der Waals surface area contributed by atoms with Crippen LogP contribution in [0.3, 0.4) is 0 Å². The normalized spacial score (nSPS) is 19.0. The number of aromatic amines is 1. The molecule has 228 valence electrons. The van der Waals surface area contributed by atoms with E-state index in [2.05, 4.69) is 101 Å². The third-order valence-corrected chi connectivity index (χ3v) is 10.1. The molecule has 1 atom stereocenters. The number of nitrogens with zero attached hydrogens (tertiary/aromatic N) is 4. The van der Waals surface area contributed by atoms with Gasteiger partial charge >= 0.3 is 0 Å². The van der Waals surface area contributed by atoms with Crippen molar-refractivity contribution in [2.45, 2.75) is 90.3 Å². The van der Waals surface area contributed by atoms with Gasteiger partial charge in [-0.15, -0.1) is 0 Å². The maximum absolute atomic E-state index is 14.0. The Morgan fingerprint density at radius 3 is 2.48 bits per heavy atom. The summed E-state index contributed by atoms with van der Waals surface area (Å²) in [6.45, 7) is 13.3. The summed E-state index contributed by atoms with van der Waals surface area (Å²) in [5.41, 5.74) is 9.66. The number of amides is 1. The second-order valence-electron chi connectivity index (χ2n) is 13.7. The minimum atomic E-state index is -0.586. The number of aryl methyl sites for hydroxylation is 2. The van der Waals surface area contributed by atoms with Gasteiger partial charge in [0, 0.05) is 48.8 Å². The molecule has 2 N–H and O–H groups in total. The van der Waals surface area contributed by atoms with E-state index in [9.17, 15) is 4.79 Å². The van der Waals surface area contributed by atoms with Crippen molar-refractivity contribution in [1.82, 2.24) is 29.7 Å². The summed E-state index contributed by atoms with van der Waals surface area (Å²) in [6, 6.07) is 18.2. The molecule has 1 unspecified atom stereocenters. The lowest BCUT2D eigenvalue weighted by molar-refractivity contribution is -0.137. The molecule has 1 amide bonds. The van der Waals surface area contributed by atoms with Crippen molar-refractivity contribution in [2.24, 2.45) is 0 Å². The Bertz CT molecular complexity index is 1810. The first-order chi connectivity index (χ1) is 21.2. The third kappa shape index (κ3) is 5.01. The first kappa shape index (κ1) is 28.8. The van der Waals surface area contributed by atoms with E-state index in [4.69, 9.17) is 0 Å². The van der Waals surface area contributed by atoms with E-state index < -0.39 is 5.41 Å². The van der Waals surface area contributed by atoms with Crippen LogP contribution in [0.25, 0.3) is 33.3 Å². The number of pyridine rings is 1. The molecule has 44 heavy (non-hydrogen) atoms. The molecule has 7 heteroatoms. The van der Waals surface area contributed by atoms with Gasteiger partial charge in [0.1, 0.15) is 5.52 Å². The zero-order valence-corrected chi connectivity index (χ0v) is 26.7. The van der Waals surface area contributed by atoms with Crippen LogP contribution in [-0.2, 0) is 16.8 Å². The highest BCUT2D eigenvalue weighted by Gasteiger charge is 2.47. The molecule has 2 aliphatic heterocycles. The zero-order valence-electron chi connectivity index (χ0n) is 26.7. The predicted octanol–water partition coefficient (Wildman–Crippen LogP) is 7.02. The lowest BCUT2D eigenvalue weighted by Gasteiger charge is -2.33. The van der Waals surface area contributed by atoms with E-state index in [1.54, 1.807) is 0 Å². The van der Waals surface area contributed by atoms with Crippen molar-refractivity contribution in [2.75, 3.05) is 13.1 Å². The number of benzene rings is 2. The highest BCUT2D eigenvalue weighted by molar-refractivity contribution is 5.95. The van der Waals surface area contributed by atoms with Crippen LogP contribution in [0.5, 0.6) is 0 Å². The molecule has 0 aliphatic carbocycles. The molecule has 2 fully saturated rings. The summed E-state index contributed by atoms with van der Waals surface area (Å²) >= 11 is 0. The number of H-pyrrole nitrogens is 1. The number of carbonyl (C=O) groups excluding carboxylic acids is 1. The Kier molecular flexibility index (Phi) is 7.32. The predicted molar refractivity (Wildman–Crippen MR) is 178 cm³/mol. The van der Waals surface area contributed by atoms with Gasteiger partial charge in [0.2, 0.25) is 5.91 Å². The molecule has 5 aromatic rings. The molecule has 2 aromatic carbocycles. The molecule has 2 aliphatic rings. The number of fused-ring (bicyclic) bond motifs is 4. The van der Waals surface area contributed by atoms with E-state index in [0.717, 1.165) is 67.6 Å². The fraction of sp³-hybridized carbons (Fsp3) is 0.432. The van der Waals surface area contributed by atoms with Crippen LogP contribution < -0.4 is 5.32 Å². The summed E-state index contributed by atoms with van der Waals surface area (Å²) < 4.78 is 2.11. The number of aromatic nitrogens is 4. The Labute approximate surface area is 260 Å². The molecular formula is C37H44N6O. The second-order valence-corrected chi connectivity index (χ2v) is 13.7. The highest BCUT2D eigenvalue weighted by atomic mass is 16.2. The van der Waals surface area contributed by atoms with Gasteiger partial charge < -0.3 is 19.8 Å². The Morgan fingerprint density at radius 2 is 1.75 bits per heavy atom. The minimum absolute atomic E-state index is 0.237. The summed E-state index contributed by atoms with van der Waals surface area (Å²) in [6.07, 6.45) is 8.32.